The van der Waals surface area contributed by atoms with E-state index in [0.29, 0.717) is 0 Å². The molecule has 1 heterocycles. The van der Waals surface area contributed by atoms with Crippen LogP contribution in [0.25, 0.3) is 0 Å². The van der Waals surface area contributed by atoms with Crippen molar-refractivity contribution in [3.63, 3.8) is 0 Å². The van der Waals surface area contributed by atoms with Crippen molar-refractivity contribution in [2.75, 3.05) is 0 Å². The van der Waals surface area contributed by atoms with Crippen molar-refractivity contribution in [3.8, 4) is 12.5 Å². The molecular formula is C12H21IN2Si. The molecular weight excluding hydrogens is 327 g/mol. The summed E-state index contributed by atoms with van der Waals surface area (Å²) < 4.78 is 3.91. The Morgan fingerprint density at radius 2 is 2.00 bits per heavy atom. The summed E-state index contributed by atoms with van der Waals surface area (Å²) in [4.78, 5) is 0. The zero-order valence-electron chi connectivity index (χ0n) is 10.4. The highest BCUT2D eigenvalue weighted by atomic mass is 127. The fourth-order valence-corrected chi connectivity index (χ4v) is 2.86. The highest BCUT2D eigenvalue weighted by Crippen LogP contribution is 2.12. The molecule has 0 aliphatic carbocycles. The molecule has 0 amide bonds. The number of rotatable bonds is 5. The lowest BCUT2D eigenvalue weighted by Gasteiger charge is -2.14. The Labute approximate surface area is 117 Å². The fraction of sp³-hybridized carbons (Fsp3) is 0.583. The summed E-state index contributed by atoms with van der Waals surface area (Å²) in [5, 5.41) is 0. The molecule has 0 unspecified atom stereocenters. The van der Waals surface area contributed by atoms with Gasteiger partial charge in [0.05, 0.1) is 6.54 Å². The summed E-state index contributed by atoms with van der Waals surface area (Å²) in [5.74, 6) is 0. The van der Waals surface area contributed by atoms with E-state index < -0.39 is 8.07 Å². The highest BCUT2D eigenvalue weighted by Gasteiger charge is 2.12. The second-order valence-corrected chi connectivity index (χ2v) is 10.8. The van der Waals surface area contributed by atoms with Crippen molar-refractivity contribution in [2.45, 2.75) is 45.1 Å². The van der Waals surface area contributed by atoms with E-state index in [4.69, 9.17) is 6.42 Å². The number of hydrogen-bond acceptors (Lipinski definition) is 0. The van der Waals surface area contributed by atoms with Crippen LogP contribution in [-0.2, 0) is 6.54 Å². The Morgan fingerprint density at radius 3 is 2.50 bits per heavy atom. The molecule has 0 saturated heterocycles. The van der Waals surface area contributed by atoms with E-state index >= 15 is 0 Å². The van der Waals surface area contributed by atoms with Gasteiger partial charge >= 0.3 is 0 Å². The predicted molar refractivity (Wildman–Crippen MR) is 66.2 cm³/mol. The topological polar surface area (TPSA) is 8.81 Å². The minimum absolute atomic E-state index is 0. The van der Waals surface area contributed by atoms with Crippen LogP contribution < -0.4 is 28.5 Å². The van der Waals surface area contributed by atoms with Gasteiger partial charge in [0, 0.05) is 8.07 Å². The van der Waals surface area contributed by atoms with Crippen molar-refractivity contribution in [1.82, 2.24) is 4.57 Å². The molecule has 0 aliphatic rings. The fourth-order valence-electron chi connectivity index (χ4n) is 1.55. The lowest BCUT2D eigenvalue weighted by Crippen LogP contribution is -3.00. The van der Waals surface area contributed by atoms with Gasteiger partial charge in [-0.05, 0) is 6.42 Å². The van der Waals surface area contributed by atoms with Crippen LogP contribution in [0.4, 0.5) is 0 Å². The van der Waals surface area contributed by atoms with Gasteiger partial charge in [-0.25, -0.2) is 4.57 Å². The standard InChI is InChI=1S/C12H21N2Si.HI/c1-5-13-9-10-14(12-13)8-6-7-11-15(2,3)4;/h1,9-10,12H,6-8,11H2,2-4H3;1H/q+1;/p-1. The van der Waals surface area contributed by atoms with Crippen LogP contribution in [0, 0.1) is 12.5 Å². The number of imidazole rings is 1. The lowest BCUT2D eigenvalue weighted by atomic mass is 10.3. The van der Waals surface area contributed by atoms with Crippen molar-refractivity contribution < 1.29 is 28.5 Å². The van der Waals surface area contributed by atoms with Crippen molar-refractivity contribution >= 4 is 8.07 Å². The molecule has 1 aromatic rings. The van der Waals surface area contributed by atoms with E-state index in [1.807, 2.05) is 18.7 Å². The van der Waals surface area contributed by atoms with Crippen LogP contribution in [-0.4, -0.2) is 12.6 Å². The Hall–Kier alpha value is -0.283. The maximum atomic E-state index is 5.28. The molecule has 0 aliphatic heterocycles. The van der Waals surface area contributed by atoms with E-state index in [1.54, 1.807) is 4.57 Å². The molecule has 1 rings (SSSR count). The predicted octanol–water partition coefficient (Wildman–Crippen LogP) is -0.663. The Kier molecular flexibility index (Phi) is 7.00. The molecule has 4 heteroatoms. The van der Waals surface area contributed by atoms with Crippen molar-refractivity contribution in [1.29, 1.82) is 0 Å². The van der Waals surface area contributed by atoms with E-state index in [0.717, 1.165) is 6.54 Å². The normalized spacial score (nSPS) is 10.6. The molecule has 0 bridgehead atoms. The van der Waals surface area contributed by atoms with Crippen LogP contribution in [0.1, 0.15) is 12.8 Å². The smallest absolute Gasteiger partial charge is 0.257 e. The summed E-state index contributed by atoms with van der Waals surface area (Å²) in [7, 11) is -0.844. The zero-order valence-corrected chi connectivity index (χ0v) is 13.6. The molecule has 0 saturated carbocycles. The number of unbranched alkanes of at least 4 members (excludes halogenated alkanes) is 1. The number of terminal acetylenes is 1. The second kappa shape index (κ2) is 7.12. The molecule has 0 radical (unpaired) electrons. The van der Waals surface area contributed by atoms with Gasteiger partial charge in [0.2, 0.25) is 0 Å². The van der Waals surface area contributed by atoms with Crippen LogP contribution in [0.3, 0.4) is 0 Å². The number of hydrogen-bond donors (Lipinski definition) is 0. The molecule has 2 nitrogen and oxygen atoms in total. The third kappa shape index (κ3) is 6.33. The summed E-state index contributed by atoms with van der Waals surface area (Å²) in [6.45, 7) is 8.36. The molecule has 0 fully saturated rings. The second-order valence-electron chi connectivity index (χ2n) is 5.21. The van der Waals surface area contributed by atoms with Crippen LogP contribution >= 0.6 is 0 Å². The average Bonchev–Trinajstić information content (AvgIpc) is 2.59. The molecule has 16 heavy (non-hydrogen) atoms. The Balaban J connectivity index is 0.00000225. The van der Waals surface area contributed by atoms with Crippen molar-refractivity contribution in [2.24, 2.45) is 0 Å². The molecule has 0 atom stereocenters. The van der Waals surface area contributed by atoms with Gasteiger partial charge in [-0.3, -0.25) is 0 Å². The molecule has 0 aromatic carbocycles. The monoisotopic (exact) mass is 348 g/mol. The quantitative estimate of drug-likeness (QED) is 0.220. The highest BCUT2D eigenvalue weighted by molar-refractivity contribution is 6.76. The van der Waals surface area contributed by atoms with Gasteiger partial charge in [0.1, 0.15) is 18.4 Å². The molecule has 0 N–H and O–H groups in total. The van der Waals surface area contributed by atoms with E-state index in [1.165, 1.54) is 18.9 Å². The third-order valence-corrected chi connectivity index (χ3v) is 4.29. The van der Waals surface area contributed by atoms with E-state index in [2.05, 4.69) is 30.3 Å². The first-order valence-corrected chi connectivity index (χ1v) is 9.26. The SMILES string of the molecule is C#C[n+]1ccn(CCCC[Si](C)(C)C)c1.[I-]. The maximum absolute atomic E-state index is 5.28. The van der Waals surface area contributed by atoms with Gasteiger partial charge in [-0.15, -0.1) is 0 Å². The third-order valence-electron chi connectivity index (χ3n) is 2.43. The minimum atomic E-state index is -0.844. The number of halogens is 1. The van der Waals surface area contributed by atoms with E-state index in [9.17, 15) is 0 Å². The van der Waals surface area contributed by atoms with Gasteiger partial charge < -0.3 is 24.0 Å². The van der Waals surface area contributed by atoms with Crippen LogP contribution in [0.5, 0.6) is 0 Å². The summed E-state index contributed by atoms with van der Waals surface area (Å²) >= 11 is 0. The van der Waals surface area contributed by atoms with Gasteiger partial charge in [-0.1, -0.05) is 38.5 Å². The van der Waals surface area contributed by atoms with Gasteiger partial charge in [0.25, 0.3) is 6.33 Å². The molecule has 1 aromatic heterocycles. The zero-order chi connectivity index (χ0) is 11.3. The van der Waals surface area contributed by atoms with Crippen LogP contribution in [0.15, 0.2) is 18.7 Å². The number of nitrogens with zero attached hydrogens (tertiary/aromatic N) is 2. The molecule has 0 spiro atoms. The van der Waals surface area contributed by atoms with Gasteiger partial charge in [0.15, 0.2) is 0 Å². The largest absolute Gasteiger partial charge is 1.00 e. The lowest BCUT2D eigenvalue weighted by molar-refractivity contribution is -0.582. The van der Waals surface area contributed by atoms with E-state index in [-0.39, 0.29) is 24.0 Å². The van der Waals surface area contributed by atoms with Crippen LogP contribution in [0.2, 0.25) is 25.7 Å². The van der Waals surface area contributed by atoms with Crippen molar-refractivity contribution in [3.05, 3.63) is 18.7 Å². The maximum Gasteiger partial charge on any atom is 0.257 e. The average molecular weight is 348 g/mol. The first-order chi connectivity index (χ1) is 7.01. The number of aryl methyl sites for hydroxylation is 1. The Morgan fingerprint density at radius 1 is 1.31 bits per heavy atom. The number of aromatic nitrogens is 2. The summed E-state index contributed by atoms with van der Waals surface area (Å²) in [6.07, 6.45) is 13.8. The molecule has 90 valence electrons. The Bertz CT molecular complexity index is 347. The van der Waals surface area contributed by atoms with Gasteiger partial charge in [-0.2, -0.15) is 4.57 Å². The summed E-state index contributed by atoms with van der Waals surface area (Å²) in [6, 6.07) is 3.98. The first kappa shape index (κ1) is 15.7. The summed E-state index contributed by atoms with van der Waals surface area (Å²) in [5.41, 5.74) is 0. The minimum Gasteiger partial charge on any atom is -1.00 e. The first-order valence-electron chi connectivity index (χ1n) is 5.55.